The summed E-state index contributed by atoms with van der Waals surface area (Å²) in [6.07, 6.45) is 14.4. The summed E-state index contributed by atoms with van der Waals surface area (Å²) in [5, 5.41) is 20.3. The summed E-state index contributed by atoms with van der Waals surface area (Å²) in [7, 11) is 1.96. The fourth-order valence-electron chi connectivity index (χ4n) is 7.57. The van der Waals surface area contributed by atoms with Crippen molar-refractivity contribution in [1.29, 1.82) is 10.8 Å². The molecular weight excluding hydrogens is 589 g/mol. The van der Waals surface area contributed by atoms with Crippen molar-refractivity contribution in [3.8, 4) is 0 Å². The highest BCUT2D eigenvalue weighted by Crippen LogP contribution is 2.34. The molecule has 6 rings (SSSR count). The molecule has 3 aliphatic rings. The molecule has 0 amide bonds. The van der Waals surface area contributed by atoms with Crippen molar-refractivity contribution in [2.45, 2.75) is 56.4 Å². The summed E-state index contributed by atoms with van der Waals surface area (Å²) < 4.78 is 0. The van der Waals surface area contributed by atoms with Crippen molar-refractivity contribution in [2.75, 3.05) is 43.0 Å². The minimum atomic E-state index is 0.308. The van der Waals surface area contributed by atoms with Gasteiger partial charge in [-0.1, -0.05) is 67.3 Å². The summed E-state index contributed by atoms with van der Waals surface area (Å²) in [5.41, 5.74) is 8.57. The second kappa shape index (κ2) is 15.5. The molecule has 2 fully saturated rings. The van der Waals surface area contributed by atoms with E-state index in [0.29, 0.717) is 29.3 Å². The molecule has 6 heteroatoms. The van der Waals surface area contributed by atoms with Crippen molar-refractivity contribution in [3.05, 3.63) is 145 Å². The number of nitrogens with zero attached hydrogens (tertiary/aromatic N) is 3. The van der Waals surface area contributed by atoms with Crippen LogP contribution in [-0.2, 0) is 0 Å². The van der Waals surface area contributed by atoms with Gasteiger partial charge in [0.25, 0.3) is 0 Å². The molecule has 1 atom stereocenters. The highest BCUT2D eigenvalue weighted by molar-refractivity contribution is 6.18. The lowest BCUT2D eigenvalue weighted by Crippen LogP contribution is -2.47. The van der Waals surface area contributed by atoms with Crippen LogP contribution >= 0.6 is 0 Å². The largest absolute Gasteiger partial charge is 0.391 e. The lowest BCUT2D eigenvalue weighted by Gasteiger charge is -2.42. The molecule has 1 unspecified atom stereocenters. The number of likely N-dealkylation sites (N-methyl/N-ethyl adjacent to an activating group) is 1. The van der Waals surface area contributed by atoms with Crippen LogP contribution in [0.5, 0.6) is 0 Å². The number of rotatable bonds is 12. The molecule has 0 bridgehead atoms. The highest BCUT2D eigenvalue weighted by Gasteiger charge is 2.29. The van der Waals surface area contributed by atoms with E-state index >= 15 is 0 Å². The van der Waals surface area contributed by atoms with Crippen LogP contribution in [0.15, 0.2) is 128 Å². The van der Waals surface area contributed by atoms with Crippen LogP contribution in [-0.4, -0.2) is 55.6 Å². The lowest BCUT2D eigenvalue weighted by molar-refractivity contribution is 0.132. The molecule has 0 aromatic heterocycles. The van der Waals surface area contributed by atoms with Crippen molar-refractivity contribution in [3.63, 3.8) is 0 Å². The number of hydrogen-bond donors (Lipinski definition) is 3. The van der Waals surface area contributed by atoms with E-state index in [4.69, 9.17) is 10.8 Å². The van der Waals surface area contributed by atoms with E-state index in [0.717, 1.165) is 61.7 Å². The van der Waals surface area contributed by atoms with Gasteiger partial charge in [0.05, 0.1) is 17.1 Å². The average Bonchev–Trinajstić information content (AvgIpc) is 3.51. The van der Waals surface area contributed by atoms with Gasteiger partial charge in [-0.3, -0.25) is 5.41 Å². The van der Waals surface area contributed by atoms with E-state index in [1.54, 1.807) is 12.2 Å². The number of likely N-dealkylation sites (tertiary alicyclic amines) is 1. The van der Waals surface area contributed by atoms with Crippen LogP contribution in [0.1, 0.15) is 67.1 Å². The Morgan fingerprint density at radius 1 is 0.896 bits per heavy atom. The maximum atomic E-state index is 8.56. The summed E-state index contributed by atoms with van der Waals surface area (Å²) in [6, 6.07) is 28.4. The summed E-state index contributed by atoms with van der Waals surface area (Å²) in [4.78, 5) is 7.33. The molecule has 3 N–H and O–H groups in total. The fourth-order valence-corrected chi connectivity index (χ4v) is 7.57. The minimum Gasteiger partial charge on any atom is -0.391 e. The van der Waals surface area contributed by atoms with Gasteiger partial charge in [0.2, 0.25) is 0 Å². The van der Waals surface area contributed by atoms with Crippen LogP contribution in [0, 0.1) is 10.8 Å². The summed E-state index contributed by atoms with van der Waals surface area (Å²) in [5.74, 6) is 0.889. The molecule has 248 valence electrons. The van der Waals surface area contributed by atoms with Gasteiger partial charge in [0.1, 0.15) is 0 Å². The van der Waals surface area contributed by atoms with E-state index in [2.05, 4.69) is 76.8 Å². The maximum absolute atomic E-state index is 8.56. The molecule has 6 nitrogen and oxygen atoms in total. The van der Waals surface area contributed by atoms with Gasteiger partial charge in [-0.2, -0.15) is 0 Å². The van der Waals surface area contributed by atoms with Crippen LogP contribution in [0.4, 0.5) is 11.4 Å². The molecule has 3 heterocycles. The molecule has 2 saturated heterocycles. The first-order valence-electron chi connectivity index (χ1n) is 17.5. The van der Waals surface area contributed by atoms with E-state index in [1.807, 2.05) is 54.6 Å². The minimum absolute atomic E-state index is 0.308. The zero-order valence-corrected chi connectivity index (χ0v) is 28.4. The Balaban J connectivity index is 0.996. The lowest BCUT2D eigenvalue weighted by atomic mass is 9.87. The Kier molecular flexibility index (Phi) is 10.7. The van der Waals surface area contributed by atoms with E-state index in [1.165, 1.54) is 42.5 Å². The second-order valence-corrected chi connectivity index (χ2v) is 13.3. The Morgan fingerprint density at radius 3 is 2.21 bits per heavy atom. The van der Waals surface area contributed by atoms with Crippen molar-refractivity contribution < 1.29 is 0 Å². The number of benzene rings is 3. The third-order valence-corrected chi connectivity index (χ3v) is 10.5. The monoisotopic (exact) mass is 638 g/mol. The third kappa shape index (κ3) is 7.55. The van der Waals surface area contributed by atoms with Crippen LogP contribution < -0.4 is 15.1 Å². The van der Waals surface area contributed by atoms with Crippen molar-refractivity contribution in [1.82, 2.24) is 10.2 Å². The average molecular weight is 639 g/mol. The zero-order chi connectivity index (χ0) is 33.5. The summed E-state index contributed by atoms with van der Waals surface area (Å²) in [6.45, 7) is 12.7. The quantitative estimate of drug-likeness (QED) is 0.137. The standard InChI is InChI=1S/C42H50N6/c1-4-5-11-39(31(2)45-3)34-14-16-36(17-15-34)47-27-22-37(23-28-47)46-25-20-33(21-26-46)32-12-18-38(19-13-32)48-29-24-40(43)42(48)30-41(44)35-9-7-6-8-10-35/h4,6-10,12-19,24,29-30,33,37,39,43-45H,1-2,5,11,20-23,25-28H2,3H3/b42-30+,43-40?,44-41?. The van der Waals surface area contributed by atoms with Gasteiger partial charge in [-0.05, 0) is 111 Å². The zero-order valence-electron chi connectivity index (χ0n) is 28.4. The van der Waals surface area contributed by atoms with Crippen LogP contribution in [0.3, 0.4) is 0 Å². The Bertz CT molecular complexity index is 1640. The van der Waals surface area contributed by atoms with Crippen LogP contribution in [0.2, 0.25) is 0 Å². The molecule has 3 aliphatic heterocycles. The predicted molar refractivity (Wildman–Crippen MR) is 203 cm³/mol. The van der Waals surface area contributed by atoms with E-state index in [-0.39, 0.29) is 0 Å². The number of allylic oxidation sites excluding steroid dienone is 4. The van der Waals surface area contributed by atoms with E-state index < -0.39 is 0 Å². The molecule has 3 aromatic rings. The molecular formula is C42H50N6. The van der Waals surface area contributed by atoms with Gasteiger partial charge < -0.3 is 25.4 Å². The van der Waals surface area contributed by atoms with Crippen LogP contribution in [0.25, 0.3) is 0 Å². The Labute approximate surface area is 287 Å². The van der Waals surface area contributed by atoms with Crippen molar-refractivity contribution in [2.24, 2.45) is 0 Å². The third-order valence-electron chi connectivity index (χ3n) is 10.5. The van der Waals surface area contributed by atoms with Gasteiger partial charge in [-0.15, -0.1) is 6.58 Å². The molecule has 0 aliphatic carbocycles. The topological polar surface area (TPSA) is 69.5 Å². The number of nitrogens with one attached hydrogen (secondary N) is 3. The number of hydrogen-bond acceptors (Lipinski definition) is 6. The molecule has 0 radical (unpaired) electrons. The molecule has 48 heavy (non-hydrogen) atoms. The number of anilines is 2. The Morgan fingerprint density at radius 2 is 1.56 bits per heavy atom. The Hall–Kier alpha value is -4.68. The van der Waals surface area contributed by atoms with Gasteiger partial charge in [0.15, 0.2) is 0 Å². The molecule has 3 aromatic carbocycles. The van der Waals surface area contributed by atoms with E-state index in [9.17, 15) is 0 Å². The highest BCUT2D eigenvalue weighted by atomic mass is 15.2. The first kappa shape index (κ1) is 33.2. The number of piperidine rings is 2. The normalized spacial score (nSPS) is 19.1. The SMILES string of the molecule is C=CCCC(C(=C)NC)c1ccc(N2CCC(N3CCC(c4ccc(N5C=CC(=N)/C5=C\C(=N)c5ccccc5)cc4)CC3)CC2)cc1. The fraction of sp³-hybridized carbons (Fsp3) is 0.333. The summed E-state index contributed by atoms with van der Waals surface area (Å²) >= 11 is 0. The van der Waals surface area contributed by atoms with Crippen molar-refractivity contribution >= 4 is 22.8 Å². The maximum Gasteiger partial charge on any atom is 0.0795 e. The molecule has 0 spiro atoms. The smallest absolute Gasteiger partial charge is 0.0795 e. The first-order chi connectivity index (χ1) is 23.4. The molecule has 0 saturated carbocycles. The van der Waals surface area contributed by atoms with Gasteiger partial charge in [-0.25, -0.2) is 0 Å². The second-order valence-electron chi connectivity index (χ2n) is 13.3. The predicted octanol–water partition coefficient (Wildman–Crippen LogP) is 8.62. The first-order valence-corrected chi connectivity index (χ1v) is 17.5. The van der Waals surface area contributed by atoms with Gasteiger partial charge >= 0.3 is 0 Å². The van der Waals surface area contributed by atoms with Gasteiger partial charge in [0, 0.05) is 55.4 Å².